The first-order valence-corrected chi connectivity index (χ1v) is 9.91. The third-order valence-electron chi connectivity index (χ3n) is 6.21. The Morgan fingerprint density at radius 3 is 2.64 bits per heavy atom. The van der Waals surface area contributed by atoms with Crippen molar-refractivity contribution in [2.75, 3.05) is 26.2 Å². The molecule has 3 aliphatic rings. The number of aliphatic imine (C=N–C) groups is 1. The third kappa shape index (κ3) is 3.29. The van der Waals surface area contributed by atoms with Gasteiger partial charge in [-0.3, -0.25) is 4.99 Å². The predicted octanol–water partition coefficient (Wildman–Crippen LogP) is 3.17. The quantitative estimate of drug-likeness (QED) is 0.675. The van der Waals surface area contributed by atoms with Gasteiger partial charge in [-0.05, 0) is 32.3 Å². The average Bonchev–Trinajstić information content (AvgIpc) is 3.30. The van der Waals surface area contributed by atoms with E-state index in [0.717, 1.165) is 44.0 Å². The number of hydrogen-bond acceptors (Lipinski definition) is 2. The number of ether oxygens (including phenoxy) is 1. The summed E-state index contributed by atoms with van der Waals surface area (Å²) in [5, 5.41) is 3.52. The van der Waals surface area contributed by atoms with E-state index in [1.54, 1.807) is 0 Å². The zero-order chi connectivity index (χ0) is 17.4. The summed E-state index contributed by atoms with van der Waals surface area (Å²) < 4.78 is 6.11. The molecule has 25 heavy (non-hydrogen) atoms. The normalized spacial score (nSPS) is 32.1. The molecule has 0 radical (unpaired) electrons. The molecule has 3 aliphatic heterocycles. The van der Waals surface area contributed by atoms with E-state index in [1.165, 1.54) is 24.0 Å². The van der Waals surface area contributed by atoms with Gasteiger partial charge < -0.3 is 15.0 Å². The van der Waals surface area contributed by atoms with Crippen LogP contribution in [0, 0.1) is 18.8 Å². The van der Waals surface area contributed by atoms with Gasteiger partial charge in [0.05, 0.1) is 12.2 Å². The van der Waals surface area contributed by atoms with E-state index in [4.69, 9.17) is 9.73 Å². The van der Waals surface area contributed by atoms with Crippen molar-refractivity contribution in [2.24, 2.45) is 16.8 Å². The summed E-state index contributed by atoms with van der Waals surface area (Å²) in [6, 6.07) is 8.80. The van der Waals surface area contributed by atoms with Crippen LogP contribution < -0.4 is 5.32 Å². The molecule has 1 aromatic carbocycles. The lowest BCUT2D eigenvalue weighted by atomic mass is 9.82. The lowest BCUT2D eigenvalue weighted by Crippen LogP contribution is -2.41. The highest BCUT2D eigenvalue weighted by molar-refractivity contribution is 5.80. The minimum absolute atomic E-state index is 0.440. The van der Waals surface area contributed by atoms with Gasteiger partial charge in [-0.1, -0.05) is 36.8 Å². The maximum absolute atomic E-state index is 6.11. The summed E-state index contributed by atoms with van der Waals surface area (Å²) in [4.78, 5) is 7.47. The van der Waals surface area contributed by atoms with Crippen LogP contribution in [-0.2, 0) is 4.74 Å². The molecule has 3 saturated heterocycles. The first-order chi connectivity index (χ1) is 12.2. The molecule has 0 saturated carbocycles. The van der Waals surface area contributed by atoms with E-state index in [0.29, 0.717) is 18.1 Å². The van der Waals surface area contributed by atoms with E-state index in [2.05, 4.69) is 55.3 Å². The Morgan fingerprint density at radius 2 is 2.00 bits per heavy atom. The molecule has 5 atom stereocenters. The molecule has 5 unspecified atom stereocenters. The SMILES string of the molecule is CCNC(=NCC(C)c1cccc(C)c1)N1CC2C3CCC(O3)C2C1. The zero-order valence-corrected chi connectivity index (χ0v) is 15.7. The van der Waals surface area contributed by atoms with Gasteiger partial charge in [-0.25, -0.2) is 0 Å². The molecule has 4 nitrogen and oxygen atoms in total. The average molecular weight is 341 g/mol. The van der Waals surface area contributed by atoms with Crippen LogP contribution >= 0.6 is 0 Å². The minimum atomic E-state index is 0.440. The highest BCUT2D eigenvalue weighted by atomic mass is 16.5. The van der Waals surface area contributed by atoms with Crippen molar-refractivity contribution in [3.63, 3.8) is 0 Å². The predicted molar refractivity (Wildman–Crippen MR) is 102 cm³/mol. The van der Waals surface area contributed by atoms with E-state index < -0.39 is 0 Å². The maximum Gasteiger partial charge on any atom is 0.193 e. The Morgan fingerprint density at radius 1 is 1.28 bits per heavy atom. The molecule has 4 heteroatoms. The van der Waals surface area contributed by atoms with Crippen LogP contribution in [0.2, 0.25) is 0 Å². The summed E-state index contributed by atoms with van der Waals surface area (Å²) in [6.45, 7) is 10.6. The van der Waals surface area contributed by atoms with E-state index >= 15 is 0 Å². The summed E-state index contributed by atoms with van der Waals surface area (Å²) in [6.07, 6.45) is 3.54. The van der Waals surface area contributed by atoms with Crippen molar-refractivity contribution in [1.82, 2.24) is 10.2 Å². The van der Waals surface area contributed by atoms with Gasteiger partial charge in [0.15, 0.2) is 5.96 Å². The molecular formula is C21H31N3O. The molecule has 1 N–H and O–H groups in total. The second-order valence-electron chi connectivity index (χ2n) is 8.03. The number of aryl methyl sites for hydroxylation is 1. The van der Waals surface area contributed by atoms with Gasteiger partial charge in [0, 0.05) is 43.9 Å². The topological polar surface area (TPSA) is 36.9 Å². The van der Waals surface area contributed by atoms with Gasteiger partial charge >= 0.3 is 0 Å². The van der Waals surface area contributed by atoms with Gasteiger partial charge in [-0.15, -0.1) is 0 Å². The Bertz CT molecular complexity index is 626. The zero-order valence-electron chi connectivity index (χ0n) is 15.7. The number of guanidine groups is 1. The highest BCUT2D eigenvalue weighted by Crippen LogP contribution is 2.47. The first-order valence-electron chi connectivity index (χ1n) is 9.91. The molecule has 4 rings (SSSR count). The van der Waals surface area contributed by atoms with Gasteiger partial charge in [-0.2, -0.15) is 0 Å². The second-order valence-corrected chi connectivity index (χ2v) is 8.03. The fraction of sp³-hybridized carbons (Fsp3) is 0.667. The number of likely N-dealkylation sites (tertiary alicyclic amines) is 1. The van der Waals surface area contributed by atoms with Gasteiger partial charge in [0.2, 0.25) is 0 Å². The molecule has 0 spiro atoms. The van der Waals surface area contributed by atoms with E-state index in [1.807, 2.05) is 0 Å². The Hall–Kier alpha value is -1.55. The molecule has 136 valence electrons. The van der Waals surface area contributed by atoms with Gasteiger partial charge in [0.25, 0.3) is 0 Å². The molecule has 3 heterocycles. The van der Waals surface area contributed by atoms with Crippen LogP contribution in [0.25, 0.3) is 0 Å². The van der Waals surface area contributed by atoms with Crippen LogP contribution in [0.1, 0.15) is 43.7 Å². The van der Waals surface area contributed by atoms with E-state index in [9.17, 15) is 0 Å². The number of hydrogen-bond donors (Lipinski definition) is 1. The van der Waals surface area contributed by atoms with Crippen LogP contribution in [0.5, 0.6) is 0 Å². The lowest BCUT2D eigenvalue weighted by molar-refractivity contribution is 0.0767. The standard InChI is InChI=1S/C21H31N3O/c1-4-22-21(23-11-15(3)16-7-5-6-14(2)10-16)24-12-17-18(13-24)20-9-8-19(17)25-20/h5-7,10,15,17-20H,4,8-9,11-13H2,1-3H3,(H,22,23). The maximum atomic E-state index is 6.11. The largest absolute Gasteiger partial charge is 0.374 e. The van der Waals surface area contributed by atoms with Crippen molar-refractivity contribution in [2.45, 2.75) is 51.7 Å². The Kier molecular flexibility index (Phi) is 4.72. The summed E-state index contributed by atoms with van der Waals surface area (Å²) in [5.41, 5.74) is 2.70. The molecule has 0 amide bonds. The highest BCUT2D eigenvalue weighted by Gasteiger charge is 2.53. The van der Waals surface area contributed by atoms with Crippen LogP contribution in [0.3, 0.4) is 0 Å². The van der Waals surface area contributed by atoms with Crippen molar-refractivity contribution in [1.29, 1.82) is 0 Å². The molecule has 3 fully saturated rings. The van der Waals surface area contributed by atoms with Crippen molar-refractivity contribution in [3.8, 4) is 0 Å². The van der Waals surface area contributed by atoms with Gasteiger partial charge in [0.1, 0.15) is 0 Å². The molecule has 0 aliphatic carbocycles. The van der Waals surface area contributed by atoms with Crippen molar-refractivity contribution in [3.05, 3.63) is 35.4 Å². The number of rotatable bonds is 4. The summed E-state index contributed by atoms with van der Waals surface area (Å²) in [7, 11) is 0. The Labute approximate surface area is 151 Å². The second kappa shape index (κ2) is 6.99. The molecule has 0 aromatic heterocycles. The molecular weight excluding hydrogens is 310 g/mol. The molecule has 2 bridgehead atoms. The lowest BCUT2D eigenvalue weighted by Gasteiger charge is -2.24. The first kappa shape index (κ1) is 16.9. The fourth-order valence-corrected chi connectivity index (χ4v) is 4.86. The summed E-state index contributed by atoms with van der Waals surface area (Å²) >= 11 is 0. The minimum Gasteiger partial charge on any atom is -0.374 e. The molecule has 1 aromatic rings. The smallest absolute Gasteiger partial charge is 0.193 e. The number of nitrogens with one attached hydrogen (secondary N) is 1. The number of benzene rings is 1. The summed E-state index contributed by atoms with van der Waals surface area (Å²) in [5.74, 6) is 2.97. The monoisotopic (exact) mass is 341 g/mol. The van der Waals surface area contributed by atoms with E-state index in [-0.39, 0.29) is 0 Å². The van der Waals surface area contributed by atoms with Crippen molar-refractivity contribution < 1.29 is 4.74 Å². The number of nitrogens with zero attached hydrogens (tertiary/aromatic N) is 2. The Balaban J connectivity index is 1.43. The van der Waals surface area contributed by atoms with Crippen LogP contribution in [0.15, 0.2) is 29.3 Å². The van der Waals surface area contributed by atoms with Crippen molar-refractivity contribution >= 4 is 5.96 Å². The van der Waals surface area contributed by atoms with Crippen LogP contribution in [0.4, 0.5) is 0 Å². The number of fused-ring (bicyclic) bond motifs is 5. The third-order valence-corrected chi connectivity index (χ3v) is 6.21. The van der Waals surface area contributed by atoms with Crippen LogP contribution in [-0.4, -0.2) is 49.2 Å². The fourth-order valence-electron chi connectivity index (χ4n) is 4.86.